The number of halogens is 2. The third-order valence-electron chi connectivity index (χ3n) is 3.27. The smallest absolute Gasteiger partial charge is 0.237 e. The number of benzene rings is 2. The van der Waals surface area contributed by atoms with Crippen molar-refractivity contribution in [2.45, 2.75) is 19.6 Å². The molecule has 0 aromatic heterocycles. The number of rotatable bonds is 4. The van der Waals surface area contributed by atoms with Crippen molar-refractivity contribution in [2.75, 3.05) is 4.72 Å². The standard InChI is InChI=1S/C15H15Cl2NO2S/c1-10-5-3-8-15(11(10)2)18-21(19,20)9-12-13(16)6-4-7-14(12)17/h3-8,18H,9H2,1-2H3. The van der Waals surface area contributed by atoms with Crippen LogP contribution < -0.4 is 4.72 Å². The van der Waals surface area contributed by atoms with E-state index < -0.39 is 10.0 Å². The maximum Gasteiger partial charge on any atom is 0.237 e. The number of sulfonamides is 1. The van der Waals surface area contributed by atoms with Gasteiger partial charge in [-0.15, -0.1) is 0 Å². The quantitative estimate of drug-likeness (QED) is 0.884. The lowest BCUT2D eigenvalue weighted by atomic mass is 10.1. The molecule has 2 rings (SSSR count). The fourth-order valence-electron chi connectivity index (χ4n) is 1.93. The SMILES string of the molecule is Cc1cccc(NS(=O)(=O)Cc2c(Cl)cccc2Cl)c1C. The first-order valence-corrected chi connectivity index (χ1v) is 8.70. The van der Waals surface area contributed by atoms with Gasteiger partial charge in [-0.3, -0.25) is 4.72 Å². The molecule has 0 radical (unpaired) electrons. The van der Waals surface area contributed by atoms with E-state index in [1.165, 1.54) is 0 Å². The van der Waals surface area contributed by atoms with E-state index in [1.807, 2.05) is 26.0 Å². The number of nitrogens with one attached hydrogen (secondary N) is 1. The van der Waals surface area contributed by atoms with E-state index in [9.17, 15) is 8.42 Å². The fraction of sp³-hybridized carbons (Fsp3) is 0.200. The maximum atomic E-state index is 12.3. The summed E-state index contributed by atoms with van der Waals surface area (Å²) in [6, 6.07) is 10.4. The molecule has 0 amide bonds. The number of anilines is 1. The molecule has 112 valence electrons. The fourth-order valence-corrected chi connectivity index (χ4v) is 3.93. The topological polar surface area (TPSA) is 46.2 Å². The predicted molar refractivity (Wildman–Crippen MR) is 88.6 cm³/mol. The highest BCUT2D eigenvalue weighted by Gasteiger charge is 2.17. The van der Waals surface area contributed by atoms with Crippen molar-refractivity contribution in [3.63, 3.8) is 0 Å². The van der Waals surface area contributed by atoms with Crippen molar-refractivity contribution in [1.82, 2.24) is 0 Å². The third kappa shape index (κ3) is 3.90. The van der Waals surface area contributed by atoms with Gasteiger partial charge in [0.2, 0.25) is 10.0 Å². The van der Waals surface area contributed by atoms with Crippen LogP contribution in [0.4, 0.5) is 5.69 Å². The number of hydrogen-bond donors (Lipinski definition) is 1. The van der Waals surface area contributed by atoms with Crippen molar-refractivity contribution in [3.8, 4) is 0 Å². The molecule has 0 aliphatic carbocycles. The van der Waals surface area contributed by atoms with Gasteiger partial charge in [-0.25, -0.2) is 8.42 Å². The van der Waals surface area contributed by atoms with Crippen LogP contribution in [0.2, 0.25) is 10.0 Å². The summed E-state index contributed by atoms with van der Waals surface area (Å²) in [6.45, 7) is 3.80. The molecule has 0 aliphatic heterocycles. The molecule has 0 atom stereocenters. The van der Waals surface area contributed by atoms with Gasteiger partial charge in [0.15, 0.2) is 0 Å². The Morgan fingerprint density at radius 3 is 2.19 bits per heavy atom. The third-order valence-corrected chi connectivity index (χ3v) is 5.17. The first kappa shape index (κ1) is 16.1. The molecule has 1 N–H and O–H groups in total. The average molecular weight is 344 g/mol. The lowest BCUT2D eigenvalue weighted by Crippen LogP contribution is -2.16. The molecule has 21 heavy (non-hydrogen) atoms. The molecule has 0 saturated carbocycles. The summed E-state index contributed by atoms with van der Waals surface area (Å²) in [6.07, 6.45) is 0. The van der Waals surface area contributed by atoms with Crippen LogP contribution >= 0.6 is 23.2 Å². The van der Waals surface area contributed by atoms with Crippen LogP contribution in [0.15, 0.2) is 36.4 Å². The zero-order valence-electron chi connectivity index (χ0n) is 11.7. The summed E-state index contributed by atoms with van der Waals surface area (Å²) in [5.41, 5.74) is 2.88. The van der Waals surface area contributed by atoms with Crippen LogP contribution in [0.25, 0.3) is 0 Å². The second-order valence-electron chi connectivity index (χ2n) is 4.81. The Morgan fingerprint density at radius 1 is 1.00 bits per heavy atom. The van der Waals surface area contributed by atoms with E-state index in [1.54, 1.807) is 24.3 Å². The van der Waals surface area contributed by atoms with E-state index in [0.717, 1.165) is 11.1 Å². The molecule has 0 unspecified atom stereocenters. The minimum absolute atomic E-state index is 0.265. The lowest BCUT2D eigenvalue weighted by Gasteiger charge is -2.13. The summed E-state index contributed by atoms with van der Waals surface area (Å²) in [4.78, 5) is 0. The molecule has 0 heterocycles. The highest BCUT2D eigenvalue weighted by molar-refractivity contribution is 7.91. The molecule has 2 aromatic rings. The first-order chi connectivity index (χ1) is 9.80. The first-order valence-electron chi connectivity index (χ1n) is 6.30. The van der Waals surface area contributed by atoms with Crippen molar-refractivity contribution < 1.29 is 8.42 Å². The van der Waals surface area contributed by atoms with Crippen molar-refractivity contribution in [3.05, 3.63) is 63.1 Å². The summed E-state index contributed by atoms with van der Waals surface area (Å²) in [5, 5.41) is 0.683. The largest absolute Gasteiger partial charge is 0.283 e. The maximum absolute atomic E-state index is 12.3. The number of aryl methyl sites for hydroxylation is 1. The minimum Gasteiger partial charge on any atom is -0.283 e. The molecule has 0 spiro atoms. The molecular formula is C15H15Cl2NO2S. The van der Waals surface area contributed by atoms with Gasteiger partial charge in [0.25, 0.3) is 0 Å². The van der Waals surface area contributed by atoms with Crippen LogP contribution in [-0.4, -0.2) is 8.42 Å². The van der Waals surface area contributed by atoms with Crippen molar-refractivity contribution >= 4 is 38.9 Å². The highest BCUT2D eigenvalue weighted by Crippen LogP contribution is 2.27. The Balaban J connectivity index is 2.29. The second kappa shape index (κ2) is 6.26. The predicted octanol–water partition coefficient (Wildman–Crippen LogP) is 4.55. The van der Waals surface area contributed by atoms with E-state index in [0.29, 0.717) is 21.3 Å². The monoisotopic (exact) mass is 343 g/mol. The van der Waals surface area contributed by atoms with Crippen LogP contribution in [-0.2, 0) is 15.8 Å². The van der Waals surface area contributed by atoms with Gasteiger partial charge in [0.1, 0.15) is 0 Å². The summed E-state index contributed by atoms with van der Waals surface area (Å²) in [7, 11) is -3.59. The Kier molecular flexibility index (Phi) is 4.81. The molecular weight excluding hydrogens is 329 g/mol. The van der Waals surface area contributed by atoms with Crippen molar-refractivity contribution in [2.24, 2.45) is 0 Å². The van der Waals surface area contributed by atoms with E-state index >= 15 is 0 Å². The molecule has 3 nitrogen and oxygen atoms in total. The Hall–Kier alpha value is -1.23. The molecule has 0 aliphatic rings. The van der Waals surface area contributed by atoms with E-state index in [4.69, 9.17) is 23.2 Å². The number of hydrogen-bond acceptors (Lipinski definition) is 2. The van der Waals surface area contributed by atoms with Gasteiger partial charge < -0.3 is 0 Å². The van der Waals surface area contributed by atoms with Gasteiger partial charge >= 0.3 is 0 Å². The molecule has 2 aromatic carbocycles. The lowest BCUT2D eigenvalue weighted by molar-refractivity contribution is 0.600. The molecule has 0 saturated heterocycles. The van der Waals surface area contributed by atoms with Gasteiger partial charge in [0, 0.05) is 15.6 Å². The normalized spacial score (nSPS) is 11.4. The van der Waals surface area contributed by atoms with Gasteiger partial charge in [-0.05, 0) is 43.2 Å². The van der Waals surface area contributed by atoms with Crippen LogP contribution in [0, 0.1) is 13.8 Å². The Labute approximate surface area is 135 Å². The molecule has 0 fully saturated rings. The highest BCUT2D eigenvalue weighted by atomic mass is 35.5. The molecule has 0 bridgehead atoms. The van der Waals surface area contributed by atoms with Gasteiger partial charge in [-0.1, -0.05) is 41.4 Å². The summed E-state index contributed by atoms with van der Waals surface area (Å²) < 4.78 is 27.2. The van der Waals surface area contributed by atoms with Gasteiger partial charge in [-0.2, -0.15) is 0 Å². The van der Waals surface area contributed by atoms with Crippen LogP contribution in [0.5, 0.6) is 0 Å². The van der Waals surface area contributed by atoms with Gasteiger partial charge in [0.05, 0.1) is 11.4 Å². The Morgan fingerprint density at radius 2 is 1.57 bits per heavy atom. The molecule has 6 heteroatoms. The minimum atomic E-state index is -3.59. The second-order valence-corrected chi connectivity index (χ2v) is 7.35. The van der Waals surface area contributed by atoms with Crippen LogP contribution in [0.1, 0.15) is 16.7 Å². The van der Waals surface area contributed by atoms with Crippen molar-refractivity contribution in [1.29, 1.82) is 0 Å². The zero-order valence-corrected chi connectivity index (χ0v) is 14.0. The summed E-state index contributed by atoms with van der Waals surface area (Å²) >= 11 is 12.0. The van der Waals surface area contributed by atoms with Crippen LogP contribution in [0.3, 0.4) is 0 Å². The zero-order chi connectivity index (χ0) is 15.6. The average Bonchev–Trinajstić information content (AvgIpc) is 2.39. The Bertz CT molecular complexity index is 753. The summed E-state index contributed by atoms with van der Waals surface area (Å²) in [5.74, 6) is -0.265. The van der Waals surface area contributed by atoms with E-state index in [-0.39, 0.29) is 5.75 Å². The van der Waals surface area contributed by atoms with E-state index in [2.05, 4.69) is 4.72 Å².